The Morgan fingerprint density at radius 3 is 1.27 bits per heavy atom. The van der Waals surface area contributed by atoms with Gasteiger partial charge in [-0.1, -0.05) is 0 Å². The van der Waals surface area contributed by atoms with Gasteiger partial charge in [0.2, 0.25) is 0 Å². The second-order valence-corrected chi connectivity index (χ2v) is 14.9. The van der Waals surface area contributed by atoms with Crippen LogP contribution >= 0.6 is 113 Å². The summed E-state index contributed by atoms with van der Waals surface area (Å²) in [4.78, 5) is 0. The number of hydrogen-bond acceptors (Lipinski definition) is 6. The lowest BCUT2D eigenvalue weighted by atomic mass is 10.4. The molecule has 0 unspecified atom stereocenters. The molecule has 0 spiro atoms. The van der Waals surface area contributed by atoms with E-state index in [4.69, 9.17) is 0 Å². The van der Waals surface area contributed by atoms with E-state index in [1.807, 2.05) is 68.0 Å². The summed E-state index contributed by atoms with van der Waals surface area (Å²) in [6, 6.07) is 4.67. The maximum absolute atomic E-state index is 2.44. The van der Waals surface area contributed by atoms with E-state index in [0.717, 1.165) is 0 Å². The summed E-state index contributed by atoms with van der Waals surface area (Å²) in [6.07, 6.45) is 0. The highest BCUT2D eigenvalue weighted by molar-refractivity contribution is 14.1. The Balaban J connectivity index is 1.84. The molecule has 108 valence electrons. The molecular formula is C14H2I2S6. The zero-order valence-corrected chi connectivity index (χ0v) is 19.6. The summed E-state index contributed by atoms with van der Waals surface area (Å²) in [5, 5.41) is 0. The molecule has 0 saturated carbocycles. The quantitative estimate of drug-likeness (QED) is 0.150. The number of hydrogen-bond donors (Lipinski definition) is 0. The SMILES string of the molecule is Ic1cc2sc3c(sc4c5sc6cc(I)sc6c5sc34)c2s1. The number of rotatable bonds is 0. The lowest BCUT2D eigenvalue weighted by Crippen LogP contribution is -1.46. The van der Waals surface area contributed by atoms with Gasteiger partial charge in [0.25, 0.3) is 0 Å². The van der Waals surface area contributed by atoms with E-state index in [1.54, 1.807) is 0 Å². The fraction of sp³-hybridized carbons (Fsp3) is 0. The molecule has 0 aliphatic rings. The topological polar surface area (TPSA) is 0 Å². The first kappa shape index (κ1) is 14.2. The third-order valence-electron chi connectivity index (χ3n) is 3.61. The molecule has 0 aromatic carbocycles. The van der Waals surface area contributed by atoms with Crippen LogP contribution in [0, 0.1) is 5.77 Å². The summed E-state index contributed by atoms with van der Waals surface area (Å²) >= 11 is 16.7. The summed E-state index contributed by atoms with van der Waals surface area (Å²) in [6.45, 7) is 0. The van der Waals surface area contributed by atoms with Gasteiger partial charge in [-0.25, -0.2) is 0 Å². The summed E-state index contributed by atoms with van der Waals surface area (Å²) in [5.41, 5.74) is 0. The van der Waals surface area contributed by atoms with E-state index in [-0.39, 0.29) is 0 Å². The summed E-state index contributed by atoms with van der Waals surface area (Å²) in [7, 11) is 0. The fourth-order valence-corrected chi connectivity index (χ4v) is 13.4. The molecule has 0 fully saturated rings. The van der Waals surface area contributed by atoms with Crippen LogP contribution in [0.5, 0.6) is 0 Å². The summed E-state index contributed by atoms with van der Waals surface area (Å²) in [5.74, 6) is 0. The lowest BCUT2D eigenvalue weighted by Gasteiger charge is -1.79. The van der Waals surface area contributed by atoms with Crippen LogP contribution in [0.3, 0.4) is 0 Å². The minimum Gasteiger partial charge on any atom is -0.132 e. The van der Waals surface area contributed by atoms with Gasteiger partial charge in [-0.3, -0.25) is 0 Å². The number of thiophene rings is 6. The van der Waals surface area contributed by atoms with Gasteiger partial charge in [0.15, 0.2) is 0 Å². The summed E-state index contributed by atoms with van der Waals surface area (Å²) < 4.78 is 17.8. The Bertz CT molecular complexity index is 1240. The van der Waals surface area contributed by atoms with Crippen LogP contribution < -0.4 is 0 Å². The average Bonchev–Trinajstić information content (AvgIpc) is 3.19. The van der Waals surface area contributed by atoms with Gasteiger partial charge in [-0.2, -0.15) is 0 Å². The lowest BCUT2D eigenvalue weighted by molar-refractivity contribution is 2.12. The average molecular weight is 616 g/mol. The van der Waals surface area contributed by atoms with Crippen molar-refractivity contribution in [3.8, 4) is 0 Å². The molecule has 0 amide bonds. The molecule has 0 N–H and O–H groups in total. The Kier molecular flexibility index (Phi) is 3.07. The van der Waals surface area contributed by atoms with Gasteiger partial charge in [0.1, 0.15) is 0 Å². The van der Waals surface area contributed by atoms with E-state index in [0.29, 0.717) is 0 Å². The largest absolute Gasteiger partial charge is 0.132 e. The monoisotopic (exact) mass is 616 g/mol. The van der Waals surface area contributed by atoms with Gasteiger partial charge in [-0.15, -0.1) is 68.0 Å². The molecule has 0 radical (unpaired) electrons. The molecule has 6 aromatic heterocycles. The molecule has 6 aromatic rings. The van der Waals surface area contributed by atoms with Crippen LogP contribution in [0.25, 0.3) is 47.0 Å². The third kappa shape index (κ3) is 1.76. The highest BCUT2D eigenvalue weighted by Crippen LogP contribution is 2.55. The van der Waals surface area contributed by atoms with Crippen molar-refractivity contribution in [1.29, 1.82) is 0 Å². The van der Waals surface area contributed by atoms with Gasteiger partial charge < -0.3 is 0 Å². The van der Waals surface area contributed by atoms with Crippen LogP contribution in [0.1, 0.15) is 0 Å². The number of halogens is 2. The highest BCUT2D eigenvalue weighted by Gasteiger charge is 2.21. The smallest absolute Gasteiger partial charge is 0.0674 e. The van der Waals surface area contributed by atoms with Crippen molar-refractivity contribution < 1.29 is 0 Å². The maximum atomic E-state index is 2.44. The van der Waals surface area contributed by atoms with Crippen molar-refractivity contribution in [1.82, 2.24) is 0 Å². The molecule has 0 nitrogen and oxygen atoms in total. The van der Waals surface area contributed by atoms with Crippen LogP contribution in [-0.4, -0.2) is 0 Å². The van der Waals surface area contributed by atoms with Gasteiger partial charge in [-0.05, 0) is 57.3 Å². The molecule has 22 heavy (non-hydrogen) atoms. The molecule has 6 rings (SSSR count). The Morgan fingerprint density at radius 1 is 0.455 bits per heavy atom. The van der Waals surface area contributed by atoms with Crippen molar-refractivity contribution in [2.75, 3.05) is 0 Å². The zero-order chi connectivity index (χ0) is 14.6. The maximum Gasteiger partial charge on any atom is 0.0674 e. The van der Waals surface area contributed by atoms with Gasteiger partial charge in [0, 0.05) is 9.40 Å². The highest BCUT2D eigenvalue weighted by atomic mass is 127. The van der Waals surface area contributed by atoms with Crippen molar-refractivity contribution in [2.24, 2.45) is 0 Å². The molecule has 0 bridgehead atoms. The molecule has 0 saturated heterocycles. The molecule has 0 aliphatic heterocycles. The van der Waals surface area contributed by atoms with E-state index in [9.17, 15) is 0 Å². The van der Waals surface area contributed by atoms with E-state index in [1.165, 1.54) is 52.8 Å². The first-order valence-corrected chi connectivity index (χ1v) is 13.3. The van der Waals surface area contributed by atoms with Crippen LogP contribution in [0.4, 0.5) is 0 Å². The standard InChI is InChI=1S/C14H2I2S6/c15-5-1-3-7(19-5)9-11(17-3)13-14(21-9)12-10(22-13)8-4(18-12)2-6(16)20-8/h1-2H. The predicted octanol–water partition coefficient (Wildman–Crippen LogP) is 9.03. The predicted molar refractivity (Wildman–Crippen MR) is 127 cm³/mol. The minimum absolute atomic E-state index is 1.40. The number of fused-ring (bicyclic) bond motifs is 9. The molecule has 0 aliphatic carbocycles. The second kappa shape index (κ2) is 4.77. The van der Waals surface area contributed by atoms with E-state index < -0.39 is 0 Å². The van der Waals surface area contributed by atoms with E-state index >= 15 is 0 Å². The molecule has 0 atom stereocenters. The molecule has 8 heteroatoms. The minimum atomic E-state index is 1.40. The van der Waals surface area contributed by atoms with Gasteiger partial charge in [0.05, 0.1) is 43.4 Å². The fourth-order valence-electron chi connectivity index (χ4n) is 2.76. The van der Waals surface area contributed by atoms with Crippen molar-refractivity contribution in [3.63, 3.8) is 0 Å². The Morgan fingerprint density at radius 2 is 0.818 bits per heavy atom. The van der Waals surface area contributed by atoms with E-state index in [2.05, 4.69) is 57.3 Å². The van der Waals surface area contributed by atoms with Gasteiger partial charge >= 0.3 is 0 Å². The normalized spacial score (nSPS) is 13.0. The Labute approximate surface area is 175 Å². The third-order valence-corrected chi connectivity index (χ3v) is 13.4. The van der Waals surface area contributed by atoms with Crippen LogP contribution in [-0.2, 0) is 0 Å². The van der Waals surface area contributed by atoms with Crippen molar-refractivity contribution in [3.05, 3.63) is 17.9 Å². The van der Waals surface area contributed by atoms with Crippen LogP contribution in [0.15, 0.2) is 12.1 Å². The Hall–Kier alpha value is 0.960. The van der Waals surface area contributed by atoms with Crippen LogP contribution in [0.2, 0.25) is 0 Å². The molecular weight excluding hydrogens is 614 g/mol. The molecule has 6 heterocycles. The van der Waals surface area contributed by atoms with Crippen molar-refractivity contribution >= 4 is 160 Å². The zero-order valence-electron chi connectivity index (χ0n) is 10.4. The van der Waals surface area contributed by atoms with Crippen molar-refractivity contribution in [2.45, 2.75) is 0 Å². The second-order valence-electron chi connectivity index (χ2n) is 4.87. The first-order valence-electron chi connectivity index (χ1n) is 6.23. The first-order chi connectivity index (χ1) is 10.7.